The van der Waals surface area contributed by atoms with Crippen molar-refractivity contribution in [2.45, 2.75) is 39.7 Å². The van der Waals surface area contributed by atoms with Crippen molar-refractivity contribution in [3.8, 4) is 0 Å². The normalized spacial score (nSPS) is 11.8. The van der Waals surface area contributed by atoms with Crippen LogP contribution in [0.15, 0.2) is 0 Å². The molecule has 3 amide bonds. The maximum atomic E-state index is 12.2. The van der Waals surface area contributed by atoms with E-state index >= 15 is 0 Å². The first kappa shape index (κ1) is 18.2. The van der Waals surface area contributed by atoms with Crippen molar-refractivity contribution in [1.29, 1.82) is 0 Å². The fourth-order valence-electron chi connectivity index (χ4n) is 1.73. The third-order valence-corrected chi connectivity index (χ3v) is 2.65. The number of urea groups is 1. The molecule has 0 radical (unpaired) electrons. The molecule has 3 N–H and O–H groups in total. The maximum absolute atomic E-state index is 12.2. The summed E-state index contributed by atoms with van der Waals surface area (Å²) in [6.07, 6.45) is 0.618. The van der Waals surface area contributed by atoms with Crippen molar-refractivity contribution in [1.82, 2.24) is 10.2 Å². The lowest BCUT2D eigenvalue weighted by molar-refractivity contribution is -0.144. The maximum Gasteiger partial charge on any atom is 0.312 e. The van der Waals surface area contributed by atoms with Crippen LogP contribution in [0.5, 0.6) is 0 Å². The van der Waals surface area contributed by atoms with Gasteiger partial charge in [-0.3, -0.25) is 9.59 Å². The van der Waals surface area contributed by atoms with Crippen LogP contribution in [0.25, 0.3) is 0 Å². The molecule has 0 saturated heterocycles. The minimum atomic E-state index is -0.734. The molecule has 0 saturated carbocycles. The second-order valence-corrected chi connectivity index (χ2v) is 5.01. The summed E-state index contributed by atoms with van der Waals surface area (Å²) in [5.74, 6) is -0.383. The van der Waals surface area contributed by atoms with Crippen molar-refractivity contribution in [2.24, 2.45) is 11.7 Å². The minimum absolute atomic E-state index is 0.126. The third-order valence-electron chi connectivity index (χ3n) is 2.65. The first-order valence-corrected chi connectivity index (χ1v) is 6.74. The molecule has 7 nitrogen and oxygen atoms in total. The predicted octanol–water partition coefficient (Wildman–Crippen LogP) is 0.481. The summed E-state index contributed by atoms with van der Waals surface area (Å²) in [6.45, 7) is 6.17. The van der Waals surface area contributed by atoms with Gasteiger partial charge in [0.2, 0.25) is 5.91 Å². The minimum Gasteiger partial charge on any atom is -0.466 e. The molecule has 7 heteroatoms. The van der Waals surface area contributed by atoms with Crippen LogP contribution in [0.4, 0.5) is 4.79 Å². The van der Waals surface area contributed by atoms with Gasteiger partial charge in [-0.25, -0.2) is 4.79 Å². The van der Waals surface area contributed by atoms with Crippen LogP contribution < -0.4 is 11.1 Å². The lowest BCUT2D eigenvalue weighted by Gasteiger charge is -2.25. The molecule has 1 atom stereocenters. The Morgan fingerprint density at radius 2 is 1.90 bits per heavy atom. The zero-order valence-electron chi connectivity index (χ0n) is 12.6. The number of esters is 1. The van der Waals surface area contributed by atoms with Crippen molar-refractivity contribution < 1.29 is 19.1 Å². The molecule has 0 bridgehead atoms. The van der Waals surface area contributed by atoms with E-state index in [0.29, 0.717) is 13.0 Å². The zero-order chi connectivity index (χ0) is 15.7. The summed E-state index contributed by atoms with van der Waals surface area (Å²) >= 11 is 0. The van der Waals surface area contributed by atoms with Crippen LogP contribution in [0.1, 0.15) is 33.6 Å². The van der Waals surface area contributed by atoms with E-state index in [1.54, 1.807) is 14.0 Å². The molecule has 0 fully saturated rings. The zero-order valence-corrected chi connectivity index (χ0v) is 12.6. The van der Waals surface area contributed by atoms with Crippen molar-refractivity contribution in [2.75, 3.05) is 20.2 Å². The molecule has 116 valence electrons. The van der Waals surface area contributed by atoms with Gasteiger partial charge in [-0.1, -0.05) is 13.8 Å². The molecular formula is C13H25N3O4. The molecule has 0 heterocycles. The van der Waals surface area contributed by atoms with E-state index in [2.05, 4.69) is 5.32 Å². The first-order valence-electron chi connectivity index (χ1n) is 6.74. The summed E-state index contributed by atoms with van der Waals surface area (Å²) in [5, 5.41) is 2.44. The predicted molar refractivity (Wildman–Crippen MR) is 74.8 cm³/mol. The van der Waals surface area contributed by atoms with E-state index in [1.165, 1.54) is 4.90 Å². The van der Waals surface area contributed by atoms with Crippen LogP contribution >= 0.6 is 0 Å². The summed E-state index contributed by atoms with van der Waals surface area (Å²) in [7, 11) is 1.58. The second kappa shape index (κ2) is 9.17. The molecule has 0 aromatic carbocycles. The van der Waals surface area contributed by atoms with Gasteiger partial charge in [-0.2, -0.15) is 0 Å². The monoisotopic (exact) mass is 287 g/mol. The number of nitrogens with zero attached hydrogens (tertiary/aromatic N) is 1. The highest BCUT2D eigenvalue weighted by Crippen LogP contribution is 2.07. The van der Waals surface area contributed by atoms with Crippen LogP contribution in [0.3, 0.4) is 0 Å². The topological polar surface area (TPSA) is 102 Å². The Labute approximate surface area is 119 Å². The van der Waals surface area contributed by atoms with Gasteiger partial charge in [0, 0.05) is 13.6 Å². The Kier molecular flexibility index (Phi) is 8.35. The lowest BCUT2D eigenvalue weighted by atomic mass is 10.0. The van der Waals surface area contributed by atoms with Gasteiger partial charge in [-0.15, -0.1) is 0 Å². The average molecular weight is 287 g/mol. The average Bonchev–Trinajstić information content (AvgIpc) is 2.33. The SMILES string of the molecule is CCOC(=O)CCN(C)C(=O)C(CC(C)C)NC(N)=O. The molecule has 0 spiro atoms. The summed E-state index contributed by atoms with van der Waals surface area (Å²) in [5.41, 5.74) is 5.07. The van der Waals surface area contributed by atoms with Crippen LogP contribution in [0.2, 0.25) is 0 Å². The number of primary amides is 1. The Bertz CT molecular complexity index is 345. The fraction of sp³-hybridized carbons (Fsp3) is 0.769. The number of ether oxygens (including phenoxy) is 1. The Hall–Kier alpha value is -1.79. The number of carbonyl (C=O) groups excluding carboxylic acids is 3. The molecule has 20 heavy (non-hydrogen) atoms. The highest BCUT2D eigenvalue weighted by molar-refractivity contribution is 5.86. The van der Waals surface area contributed by atoms with E-state index in [4.69, 9.17) is 10.5 Å². The Morgan fingerprint density at radius 3 is 2.35 bits per heavy atom. The van der Waals surface area contributed by atoms with Crippen molar-refractivity contribution in [3.63, 3.8) is 0 Å². The smallest absolute Gasteiger partial charge is 0.312 e. The molecule has 0 aliphatic heterocycles. The number of amides is 3. The number of carbonyl (C=O) groups is 3. The fourth-order valence-corrected chi connectivity index (χ4v) is 1.73. The van der Waals surface area contributed by atoms with E-state index in [9.17, 15) is 14.4 Å². The number of rotatable bonds is 8. The van der Waals surface area contributed by atoms with Gasteiger partial charge in [0.05, 0.1) is 13.0 Å². The van der Waals surface area contributed by atoms with E-state index < -0.39 is 12.1 Å². The molecule has 0 aromatic heterocycles. The number of hydrogen-bond acceptors (Lipinski definition) is 4. The van der Waals surface area contributed by atoms with Crippen molar-refractivity contribution >= 4 is 17.9 Å². The van der Waals surface area contributed by atoms with E-state index in [0.717, 1.165) is 0 Å². The quantitative estimate of drug-likeness (QED) is 0.634. The van der Waals surface area contributed by atoms with Crippen LogP contribution in [-0.4, -0.2) is 49.0 Å². The van der Waals surface area contributed by atoms with Gasteiger partial charge in [0.15, 0.2) is 0 Å². The van der Waals surface area contributed by atoms with Gasteiger partial charge >= 0.3 is 12.0 Å². The first-order chi connectivity index (χ1) is 9.27. The number of nitrogens with one attached hydrogen (secondary N) is 1. The molecule has 0 aliphatic carbocycles. The molecular weight excluding hydrogens is 262 g/mol. The summed E-state index contributed by atoms with van der Waals surface area (Å²) < 4.78 is 4.79. The number of nitrogens with two attached hydrogens (primary N) is 1. The van der Waals surface area contributed by atoms with Gasteiger partial charge in [-0.05, 0) is 19.3 Å². The number of hydrogen-bond donors (Lipinski definition) is 2. The highest BCUT2D eigenvalue weighted by Gasteiger charge is 2.24. The summed E-state index contributed by atoms with van der Waals surface area (Å²) in [4.78, 5) is 35.8. The van der Waals surface area contributed by atoms with E-state index in [-0.39, 0.29) is 30.8 Å². The van der Waals surface area contributed by atoms with Crippen LogP contribution in [-0.2, 0) is 14.3 Å². The van der Waals surface area contributed by atoms with Gasteiger partial charge in [0.25, 0.3) is 0 Å². The second-order valence-electron chi connectivity index (χ2n) is 5.01. The molecule has 1 unspecified atom stereocenters. The lowest BCUT2D eigenvalue weighted by Crippen LogP contribution is -2.50. The summed E-state index contributed by atoms with van der Waals surface area (Å²) in [6, 6.07) is -1.40. The van der Waals surface area contributed by atoms with Crippen molar-refractivity contribution in [3.05, 3.63) is 0 Å². The Morgan fingerprint density at radius 1 is 1.30 bits per heavy atom. The third kappa shape index (κ3) is 7.60. The Balaban J connectivity index is 4.46. The van der Waals surface area contributed by atoms with Crippen LogP contribution in [0, 0.1) is 5.92 Å². The molecule has 0 rings (SSSR count). The highest BCUT2D eigenvalue weighted by atomic mass is 16.5. The van der Waals surface area contributed by atoms with Gasteiger partial charge in [0.1, 0.15) is 6.04 Å². The van der Waals surface area contributed by atoms with Gasteiger partial charge < -0.3 is 20.7 Å². The largest absolute Gasteiger partial charge is 0.466 e. The number of likely N-dealkylation sites (N-methyl/N-ethyl adjacent to an activating group) is 1. The van der Waals surface area contributed by atoms with E-state index in [1.807, 2.05) is 13.8 Å². The molecule has 0 aliphatic rings. The standard InChI is InChI=1S/C13H25N3O4/c1-5-20-11(17)6-7-16(4)12(18)10(8-9(2)3)15-13(14)19/h9-10H,5-8H2,1-4H3,(H3,14,15,19). The molecule has 0 aromatic rings.